The van der Waals surface area contributed by atoms with Crippen molar-refractivity contribution in [3.05, 3.63) is 12.2 Å². The number of aliphatic hydroxyl groups is 5. The van der Waals surface area contributed by atoms with E-state index in [0.29, 0.717) is 12.8 Å². The van der Waals surface area contributed by atoms with Crippen molar-refractivity contribution in [3.8, 4) is 0 Å². The van der Waals surface area contributed by atoms with Gasteiger partial charge in [-0.2, -0.15) is 0 Å². The van der Waals surface area contributed by atoms with Crippen LogP contribution in [0.2, 0.25) is 0 Å². The molecule has 326 valence electrons. The van der Waals surface area contributed by atoms with Gasteiger partial charge in [0.1, 0.15) is 24.4 Å². The van der Waals surface area contributed by atoms with Gasteiger partial charge in [-0.3, -0.25) is 4.79 Å². The van der Waals surface area contributed by atoms with Crippen LogP contribution in [0.5, 0.6) is 0 Å². The van der Waals surface area contributed by atoms with Crippen LogP contribution >= 0.6 is 0 Å². The number of unbranched alkanes of at least 4 members (excludes halogenated alkanes) is 27. The molecule has 0 aromatic heterocycles. The lowest BCUT2D eigenvalue weighted by atomic mass is 9.99. The van der Waals surface area contributed by atoms with Crippen molar-refractivity contribution in [3.63, 3.8) is 0 Å². The summed E-state index contributed by atoms with van der Waals surface area (Å²) >= 11 is 0. The summed E-state index contributed by atoms with van der Waals surface area (Å²) in [5.41, 5.74) is 0. The first kappa shape index (κ1) is 51.9. The summed E-state index contributed by atoms with van der Waals surface area (Å²) in [7, 11) is 0. The van der Waals surface area contributed by atoms with Crippen LogP contribution in [0.25, 0.3) is 0 Å². The quantitative estimate of drug-likeness (QED) is 0.0267. The largest absolute Gasteiger partial charge is 0.394 e. The molecule has 0 aromatic rings. The Balaban J connectivity index is 2.30. The Bertz CT molecular complexity index is 873. The minimum absolute atomic E-state index is 0.146. The Morgan fingerprint density at radius 2 is 1.02 bits per heavy atom. The molecule has 1 saturated heterocycles. The number of carbonyl (C=O) groups is 1. The monoisotopic (exact) mass is 784 g/mol. The number of hydrogen-bond acceptors (Lipinski definition) is 8. The number of aliphatic hydroxyl groups excluding tert-OH is 5. The Morgan fingerprint density at radius 3 is 1.47 bits per heavy atom. The summed E-state index contributed by atoms with van der Waals surface area (Å²) in [4.78, 5) is 13.0. The molecule has 0 spiro atoms. The van der Waals surface area contributed by atoms with E-state index in [-0.39, 0.29) is 12.5 Å². The summed E-state index contributed by atoms with van der Waals surface area (Å²) in [5, 5.41) is 54.3. The second kappa shape index (κ2) is 37.2. The van der Waals surface area contributed by atoms with Crippen molar-refractivity contribution < 1.29 is 39.8 Å². The van der Waals surface area contributed by atoms with Gasteiger partial charge < -0.3 is 40.3 Å². The number of amides is 1. The number of hydrogen-bond donors (Lipinski definition) is 6. The molecule has 2 unspecified atom stereocenters. The lowest BCUT2D eigenvalue weighted by Crippen LogP contribution is -2.60. The highest BCUT2D eigenvalue weighted by Gasteiger charge is 2.44. The highest BCUT2D eigenvalue weighted by atomic mass is 16.7. The van der Waals surface area contributed by atoms with Crippen LogP contribution in [0.3, 0.4) is 0 Å². The van der Waals surface area contributed by atoms with E-state index in [1.165, 1.54) is 148 Å². The molecular weight excluding hydrogens is 695 g/mol. The molecule has 0 bridgehead atoms. The zero-order chi connectivity index (χ0) is 40.2. The van der Waals surface area contributed by atoms with Gasteiger partial charge in [-0.15, -0.1) is 0 Å². The van der Waals surface area contributed by atoms with E-state index in [1.54, 1.807) is 0 Å². The molecule has 0 saturated carbocycles. The molecule has 0 radical (unpaired) electrons. The molecule has 1 heterocycles. The predicted octanol–water partition coefficient (Wildman–Crippen LogP) is 9.73. The highest BCUT2D eigenvalue weighted by Crippen LogP contribution is 2.23. The van der Waals surface area contributed by atoms with E-state index in [2.05, 4.69) is 31.3 Å². The van der Waals surface area contributed by atoms with Crippen LogP contribution in [0.4, 0.5) is 0 Å². The molecule has 0 aromatic carbocycles. The fourth-order valence-electron chi connectivity index (χ4n) is 7.57. The van der Waals surface area contributed by atoms with Gasteiger partial charge in [-0.25, -0.2) is 0 Å². The fraction of sp³-hybridized carbons (Fsp3) is 0.935. The van der Waals surface area contributed by atoms with Gasteiger partial charge in [0.25, 0.3) is 0 Å². The summed E-state index contributed by atoms with van der Waals surface area (Å²) in [6, 6.07) is -0.729. The Labute approximate surface area is 337 Å². The SMILES string of the molecule is CCCCCCCCC/C=C/CCCC[C@@H](O)[C@H](CO[C@H]1O[C@@H](CO)[C@H](O)C(O)C1O)NC(=O)CCCCCCCCCCCCCCCCCCCCC. The molecule has 1 aliphatic heterocycles. The number of allylic oxidation sites excluding steroid dienone is 2. The van der Waals surface area contributed by atoms with Crippen LogP contribution in [-0.4, -0.2) is 87.5 Å². The third-order valence-corrected chi connectivity index (χ3v) is 11.4. The fourth-order valence-corrected chi connectivity index (χ4v) is 7.57. The maximum Gasteiger partial charge on any atom is 0.220 e. The maximum absolute atomic E-state index is 13.0. The minimum Gasteiger partial charge on any atom is -0.394 e. The summed E-state index contributed by atoms with van der Waals surface area (Å²) in [6.45, 7) is 3.82. The van der Waals surface area contributed by atoms with Gasteiger partial charge in [0.2, 0.25) is 5.91 Å². The lowest BCUT2D eigenvalue weighted by Gasteiger charge is -2.40. The van der Waals surface area contributed by atoms with E-state index in [1.807, 2.05) is 0 Å². The van der Waals surface area contributed by atoms with E-state index < -0.39 is 49.5 Å². The topological polar surface area (TPSA) is 149 Å². The van der Waals surface area contributed by atoms with Gasteiger partial charge in [0.15, 0.2) is 6.29 Å². The average molecular weight is 784 g/mol. The molecule has 1 fully saturated rings. The smallest absolute Gasteiger partial charge is 0.220 e. The van der Waals surface area contributed by atoms with Crippen molar-refractivity contribution in [1.29, 1.82) is 0 Å². The first-order valence-corrected chi connectivity index (χ1v) is 23.4. The first-order chi connectivity index (χ1) is 26.8. The van der Waals surface area contributed by atoms with Crippen LogP contribution in [0, 0.1) is 0 Å². The van der Waals surface area contributed by atoms with Gasteiger partial charge >= 0.3 is 0 Å². The Morgan fingerprint density at radius 1 is 0.600 bits per heavy atom. The third kappa shape index (κ3) is 28.1. The second-order valence-electron chi connectivity index (χ2n) is 16.6. The normalized spacial score (nSPS) is 21.3. The molecule has 0 aliphatic carbocycles. The average Bonchev–Trinajstić information content (AvgIpc) is 3.18. The van der Waals surface area contributed by atoms with Gasteiger partial charge in [0.05, 0.1) is 25.4 Å². The minimum atomic E-state index is -1.55. The van der Waals surface area contributed by atoms with Gasteiger partial charge in [0, 0.05) is 6.42 Å². The van der Waals surface area contributed by atoms with Crippen LogP contribution in [-0.2, 0) is 14.3 Å². The number of carbonyl (C=O) groups excluding carboxylic acids is 1. The van der Waals surface area contributed by atoms with Crippen molar-refractivity contribution in [2.24, 2.45) is 0 Å². The zero-order valence-electron chi connectivity index (χ0n) is 35.7. The highest BCUT2D eigenvalue weighted by molar-refractivity contribution is 5.76. The van der Waals surface area contributed by atoms with E-state index in [4.69, 9.17) is 9.47 Å². The van der Waals surface area contributed by atoms with Gasteiger partial charge in [-0.05, 0) is 38.5 Å². The Hall–Kier alpha value is -1.07. The summed E-state index contributed by atoms with van der Waals surface area (Å²) < 4.78 is 11.2. The van der Waals surface area contributed by atoms with Gasteiger partial charge in [-0.1, -0.05) is 187 Å². The summed E-state index contributed by atoms with van der Waals surface area (Å²) in [5.74, 6) is -0.151. The van der Waals surface area contributed by atoms with Crippen molar-refractivity contribution in [2.45, 2.75) is 262 Å². The molecule has 1 rings (SSSR count). The number of rotatable bonds is 39. The first-order valence-electron chi connectivity index (χ1n) is 23.4. The molecule has 7 atom stereocenters. The molecule has 55 heavy (non-hydrogen) atoms. The molecule has 6 N–H and O–H groups in total. The van der Waals surface area contributed by atoms with Crippen molar-refractivity contribution >= 4 is 5.91 Å². The second-order valence-corrected chi connectivity index (χ2v) is 16.6. The van der Waals surface area contributed by atoms with Crippen LogP contribution < -0.4 is 5.32 Å². The number of ether oxygens (including phenoxy) is 2. The summed E-state index contributed by atoms with van der Waals surface area (Å²) in [6.07, 6.45) is 35.1. The van der Waals surface area contributed by atoms with E-state index in [9.17, 15) is 30.3 Å². The van der Waals surface area contributed by atoms with E-state index in [0.717, 1.165) is 44.9 Å². The van der Waals surface area contributed by atoms with Crippen LogP contribution in [0.1, 0.15) is 219 Å². The third-order valence-electron chi connectivity index (χ3n) is 11.4. The molecule has 9 heteroatoms. The predicted molar refractivity (Wildman–Crippen MR) is 226 cm³/mol. The number of nitrogens with one attached hydrogen (secondary N) is 1. The Kier molecular flexibility index (Phi) is 35.2. The zero-order valence-corrected chi connectivity index (χ0v) is 35.7. The maximum atomic E-state index is 13.0. The van der Waals surface area contributed by atoms with Crippen molar-refractivity contribution in [1.82, 2.24) is 5.32 Å². The standard InChI is InChI=1S/C46H89NO8/c1-3-5-7-9-11-13-15-17-18-19-20-21-22-24-26-28-30-32-34-36-42(50)47-39(38-54-46-45(53)44(52)43(51)41(37-48)55-46)40(49)35-33-31-29-27-25-23-16-14-12-10-8-6-4-2/h25,27,39-41,43-46,48-49,51-53H,3-24,26,28-38H2,1-2H3,(H,47,50)/b27-25+/t39-,40+,41-,43-,44?,45?,46-/m0/s1. The lowest BCUT2D eigenvalue weighted by molar-refractivity contribution is -0.302. The van der Waals surface area contributed by atoms with Crippen LogP contribution in [0.15, 0.2) is 12.2 Å². The molecular formula is C46H89NO8. The van der Waals surface area contributed by atoms with E-state index >= 15 is 0 Å². The molecule has 1 aliphatic rings. The molecule has 1 amide bonds. The van der Waals surface area contributed by atoms with Crippen molar-refractivity contribution in [2.75, 3.05) is 13.2 Å². The molecule has 9 nitrogen and oxygen atoms in total.